The highest BCUT2D eigenvalue weighted by Crippen LogP contribution is 2.14. The third-order valence-electron chi connectivity index (χ3n) is 2.54. The van der Waals surface area contributed by atoms with Gasteiger partial charge >= 0.3 is 0 Å². The molecule has 2 rings (SSSR count). The maximum atomic E-state index is 5.53. The van der Waals surface area contributed by atoms with E-state index in [4.69, 9.17) is 17.0 Å². The molecule has 1 unspecified atom stereocenters. The molecular formula is C12H16N4OS. The van der Waals surface area contributed by atoms with E-state index in [1.165, 1.54) is 0 Å². The van der Waals surface area contributed by atoms with E-state index in [1.54, 1.807) is 6.20 Å². The van der Waals surface area contributed by atoms with Crippen molar-refractivity contribution < 1.29 is 4.74 Å². The van der Waals surface area contributed by atoms with Gasteiger partial charge in [-0.1, -0.05) is 6.07 Å². The Bertz CT molecular complexity index is 549. The van der Waals surface area contributed by atoms with Crippen molar-refractivity contribution in [2.24, 2.45) is 0 Å². The van der Waals surface area contributed by atoms with Gasteiger partial charge in [-0.2, -0.15) is 5.10 Å². The van der Waals surface area contributed by atoms with Crippen LogP contribution in [0.2, 0.25) is 0 Å². The van der Waals surface area contributed by atoms with E-state index in [2.05, 4.69) is 15.2 Å². The first kappa shape index (κ1) is 12.9. The SMILES string of the molecule is CCOC(C)Cn1c(-c2ccccn2)n[nH]c1=S. The highest BCUT2D eigenvalue weighted by atomic mass is 32.1. The molecule has 0 aliphatic rings. The van der Waals surface area contributed by atoms with Gasteiger partial charge in [-0.15, -0.1) is 0 Å². The second-order valence-electron chi connectivity index (χ2n) is 3.94. The molecule has 2 heterocycles. The molecule has 96 valence electrons. The van der Waals surface area contributed by atoms with Crippen LogP contribution >= 0.6 is 12.2 Å². The predicted octanol–water partition coefficient (Wildman–Crippen LogP) is 2.43. The number of rotatable bonds is 5. The average molecular weight is 264 g/mol. The zero-order valence-corrected chi connectivity index (χ0v) is 11.3. The van der Waals surface area contributed by atoms with Gasteiger partial charge in [-0.25, -0.2) is 0 Å². The van der Waals surface area contributed by atoms with Crippen molar-refractivity contribution in [2.75, 3.05) is 6.61 Å². The molecule has 0 spiro atoms. The van der Waals surface area contributed by atoms with Crippen molar-refractivity contribution in [3.05, 3.63) is 29.2 Å². The number of hydrogen-bond donors (Lipinski definition) is 1. The quantitative estimate of drug-likeness (QED) is 0.843. The van der Waals surface area contributed by atoms with Gasteiger partial charge in [0.25, 0.3) is 0 Å². The zero-order valence-electron chi connectivity index (χ0n) is 10.5. The van der Waals surface area contributed by atoms with Gasteiger partial charge < -0.3 is 4.74 Å². The summed E-state index contributed by atoms with van der Waals surface area (Å²) in [6.07, 6.45) is 1.82. The van der Waals surface area contributed by atoms with Crippen LogP contribution in [0.5, 0.6) is 0 Å². The van der Waals surface area contributed by atoms with E-state index in [0.29, 0.717) is 17.9 Å². The van der Waals surface area contributed by atoms with Crippen molar-refractivity contribution in [3.8, 4) is 11.5 Å². The minimum Gasteiger partial charge on any atom is -0.377 e. The van der Waals surface area contributed by atoms with Crippen LogP contribution in [-0.2, 0) is 11.3 Å². The van der Waals surface area contributed by atoms with Crippen LogP contribution in [0.4, 0.5) is 0 Å². The summed E-state index contributed by atoms with van der Waals surface area (Å²) in [5, 5.41) is 7.03. The minimum atomic E-state index is 0.0850. The molecule has 0 fully saturated rings. The molecule has 0 bridgehead atoms. The van der Waals surface area contributed by atoms with Crippen LogP contribution in [0.15, 0.2) is 24.4 Å². The monoisotopic (exact) mass is 264 g/mol. The van der Waals surface area contributed by atoms with Crippen LogP contribution in [-0.4, -0.2) is 32.5 Å². The Balaban J connectivity index is 2.31. The Morgan fingerprint density at radius 1 is 1.50 bits per heavy atom. The molecule has 0 saturated carbocycles. The first-order valence-electron chi connectivity index (χ1n) is 5.90. The fraction of sp³-hybridized carbons (Fsp3) is 0.417. The van der Waals surface area contributed by atoms with Gasteiger partial charge in [0.1, 0.15) is 5.69 Å². The number of aromatic amines is 1. The number of aromatic nitrogens is 4. The lowest BCUT2D eigenvalue weighted by Gasteiger charge is -2.13. The van der Waals surface area contributed by atoms with Gasteiger partial charge in [0, 0.05) is 12.8 Å². The minimum absolute atomic E-state index is 0.0850. The summed E-state index contributed by atoms with van der Waals surface area (Å²) in [7, 11) is 0. The zero-order chi connectivity index (χ0) is 13.0. The summed E-state index contributed by atoms with van der Waals surface area (Å²) in [5.41, 5.74) is 0.800. The molecule has 2 aromatic heterocycles. The normalized spacial score (nSPS) is 12.6. The summed E-state index contributed by atoms with van der Waals surface area (Å²) in [6, 6.07) is 5.71. The second kappa shape index (κ2) is 5.88. The summed E-state index contributed by atoms with van der Waals surface area (Å²) in [6.45, 7) is 5.34. The smallest absolute Gasteiger partial charge is 0.195 e. The molecule has 0 aliphatic heterocycles. The maximum absolute atomic E-state index is 5.53. The van der Waals surface area contributed by atoms with E-state index in [9.17, 15) is 0 Å². The topological polar surface area (TPSA) is 55.7 Å². The molecule has 6 heteroatoms. The molecule has 0 aliphatic carbocycles. The van der Waals surface area contributed by atoms with E-state index in [-0.39, 0.29) is 6.10 Å². The molecule has 18 heavy (non-hydrogen) atoms. The highest BCUT2D eigenvalue weighted by Gasteiger charge is 2.12. The Morgan fingerprint density at radius 2 is 2.33 bits per heavy atom. The average Bonchev–Trinajstić information content (AvgIpc) is 2.73. The first-order valence-corrected chi connectivity index (χ1v) is 6.31. The summed E-state index contributed by atoms with van der Waals surface area (Å²) < 4.78 is 8.03. The van der Waals surface area contributed by atoms with Gasteiger partial charge in [0.2, 0.25) is 0 Å². The predicted molar refractivity (Wildman–Crippen MR) is 71.7 cm³/mol. The van der Waals surface area contributed by atoms with Crippen LogP contribution in [0, 0.1) is 4.77 Å². The fourth-order valence-corrected chi connectivity index (χ4v) is 1.98. The van der Waals surface area contributed by atoms with Gasteiger partial charge in [0.15, 0.2) is 10.6 Å². The fourth-order valence-electron chi connectivity index (χ4n) is 1.77. The molecule has 0 saturated heterocycles. The van der Waals surface area contributed by atoms with E-state index < -0.39 is 0 Å². The molecule has 0 amide bonds. The standard InChI is InChI=1S/C12H16N4OS/c1-3-17-9(2)8-16-11(14-15-12(16)18)10-6-4-5-7-13-10/h4-7,9H,3,8H2,1-2H3,(H,15,18). The van der Waals surface area contributed by atoms with Crippen molar-refractivity contribution >= 4 is 12.2 Å². The molecule has 1 atom stereocenters. The van der Waals surface area contributed by atoms with Gasteiger partial charge in [-0.05, 0) is 38.2 Å². The maximum Gasteiger partial charge on any atom is 0.195 e. The highest BCUT2D eigenvalue weighted by molar-refractivity contribution is 7.71. The lowest BCUT2D eigenvalue weighted by molar-refractivity contribution is 0.0640. The summed E-state index contributed by atoms with van der Waals surface area (Å²) in [5.74, 6) is 0.743. The van der Waals surface area contributed by atoms with Crippen LogP contribution in [0.1, 0.15) is 13.8 Å². The van der Waals surface area contributed by atoms with Crippen molar-refractivity contribution in [1.82, 2.24) is 19.7 Å². The Kier molecular flexibility index (Phi) is 4.22. The number of nitrogens with zero attached hydrogens (tertiary/aromatic N) is 3. The number of ether oxygens (including phenoxy) is 1. The summed E-state index contributed by atoms with van der Waals surface area (Å²) >= 11 is 5.24. The first-order chi connectivity index (χ1) is 8.72. The Morgan fingerprint density at radius 3 is 3.00 bits per heavy atom. The lowest BCUT2D eigenvalue weighted by Crippen LogP contribution is -2.17. The van der Waals surface area contributed by atoms with E-state index >= 15 is 0 Å². The largest absolute Gasteiger partial charge is 0.377 e. The van der Waals surface area contributed by atoms with E-state index in [1.807, 2.05) is 36.6 Å². The molecular weight excluding hydrogens is 248 g/mol. The Labute approximate surface area is 111 Å². The number of H-pyrrole nitrogens is 1. The third kappa shape index (κ3) is 2.83. The molecule has 2 aromatic rings. The molecule has 5 nitrogen and oxygen atoms in total. The van der Waals surface area contributed by atoms with Gasteiger partial charge in [0.05, 0.1) is 12.6 Å². The van der Waals surface area contributed by atoms with Gasteiger partial charge in [-0.3, -0.25) is 14.6 Å². The van der Waals surface area contributed by atoms with Crippen molar-refractivity contribution in [3.63, 3.8) is 0 Å². The van der Waals surface area contributed by atoms with Crippen LogP contribution in [0.3, 0.4) is 0 Å². The molecule has 1 N–H and O–H groups in total. The van der Waals surface area contributed by atoms with E-state index in [0.717, 1.165) is 11.5 Å². The molecule has 0 radical (unpaired) electrons. The lowest BCUT2D eigenvalue weighted by atomic mass is 10.3. The Hall–Kier alpha value is -1.53. The number of hydrogen-bond acceptors (Lipinski definition) is 4. The van der Waals surface area contributed by atoms with Crippen LogP contribution < -0.4 is 0 Å². The number of pyridine rings is 1. The van der Waals surface area contributed by atoms with Crippen molar-refractivity contribution in [2.45, 2.75) is 26.5 Å². The van der Waals surface area contributed by atoms with Crippen molar-refractivity contribution in [1.29, 1.82) is 0 Å². The summed E-state index contributed by atoms with van der Waals surface area (Å²) in [4.78, 5) is 4.29. The number of nitrogens with one attached hydrogen (secondary N) is 1. The second-order valence-corrected chi connectivity index (χ2v) is 4.33. The third-order valence-corrected chi connectivity index (χ3v) is 2.85. The molecule has 0 aromatic carbocycles. The van der Waals surface area contributed by atoms with Crippen LogP contribution in [0.25, 0.3) is 11.5 Å².